The Labute approximate surface area is 206 Å². The summed E-state index contributed by atoms with van der Waals surface area (Å²) in [5.74, 6) is 0.898. The quantitative estimate of drug-likeness (QED) is 0.440. The molecule has 2 aromatic carbocycles. The zero-order valence-corrected chi connectivity index (χ0v) is 20.9. The highest BCUT2D eigenvalue weighted by Gasteiger charge is 2.33. The summed E-state index contributed by atoms with van der Waals surface area (Å²) in [6, 6.07) is 19.1. The van der Waals surface area contributed by atoms with Crippen LogP contribution in [0.5, 0.6) is 5.75 Å². The highest BCUT2D eigenvalue weighted by atomic mass is 32.1. The van der Waals surface area contributed by atoms with E-state index < -0.39 is 0 Å². The second-order valence-electron chi connectivity index (χ2n) is 9.22. The third-order valence-electron chi connectivity index (χ3n) is 6.06. The van der Waals surface area contributed by atoms with Gasteiger partial charge in [0.2, 0.25) is 5.91 Å². The van der Waals surface area contributed by atoms with Crippen molar-refractivity contribution in [3.05, 3.63) is 87.6 Å². The molecule has 0 saturated carbocycles. The largest absolute Gasteiger partial charge is 0.491 e. The van der Waals surface area contributed by atoms with Crippen LogP contribution < -0.4 is 4.74 Å². The van der Waals surface area contributed by atoms with Crippen molar-refractivity contribution >= 4 is 23.2 Å². The molecule has 0 bridgehead atoms. The van der Waals surface area contributed by atoms with Gasteiger partial charge in [-0.15, -0.1) is 11.3 Å². The van der Waals surface area contributed by atoms with E-state index in [2.05, 4.69) is 25.3 Å². The van der Waals surface area contributed by atoms with E-state index in [0.717, 1.165) is 17.7 Å². The summed E-state index contributed by atoms with van der Waals surface area (Å²) in [6.07, 6.45) is 0.830. The molecule has 1 aliphatic heterocycles. The summed E-state index contributed by atoms with van der Waals surface area (Å²) in [7, 11) is 0. The van der Waals surface area contributed by atoms with Gasteiger partial charge in [0.05, 0.1) is 6.04 Å². The van der Waals surface area contributed by atoms with Crippen LogP contribution in [0, 0.1) is 12.8 Å². The molecule has 1 aromatic heterocycles. The van der Waals surface area contributed by atoms with Crippen molar-refractivity contribution in [1.82, 2.24) is 9.80 Å². The summed E-state index contributed by atoms with van der Waals surface area (Å²) >= 11 is 1.73. The predicted molar refractivity (Wildman–Crippen MR) is 136 cm³/mol. The molecule has 3 aromatic rings. The first-order valence-electron chi connectivity index (χ1n) is 11.8. The van der Waals surface area contributed by atoms with Crippen LogP contribution in [-0.4, -0.2) is 47.9 Å². The lowest BCUT2D eigenvalue weighted by Crippen LogP contribution is -2.48. The van der Waals surface area contributed by atoms with Crippen LogP contribution in [0.3, 0.4) is 0 Å². The Kier molecular flexibility index (Phi) is 7.68. The number of rotatable bonds is 8. The fourth-order valence-corrected chi connectivity index (χ4v) is 5.29. The molecule has 0 fully saturated rings. The third-order valence-corrected chi connectivity index (χ3v) is 7.06. The molecular weight excluding hydrogens is 444 g/mol. The minimum Gasteiger partial charge on any atom is -0.491 e. The average Bonchev–Trinajstić information content (AvgIpc) is 3.32. The number of hydrogen-bond donors (Lipinski definition) is 0. The molecule has 178 valence electrons. The summed E-state index contributed by atoms with van der Waals surface area (Å²) in [4.78, 5) is 31.7. The molecule has 0 saturated heterocycles. The first-order valence-corrected chi connectivity index (χ1v) is 12.7. The number of ether oxygens (including phenoxy) is 1. The Balaban J connectivity index is 1.52. The maximum atomic E-state index is 13.6. The summed E-state index contributed by atoms with van der Waals surface area (Å²) in [6.45, 7) is 7.77. The van der Waals surface area contributed by atoms with Crippen molar-refractivity contribution in [3.63, 3.8) is 0 Å². The molecule has 0 N–H and O–H groups in total. The van der Waals surface area contributed by atoms with E-state index in [1.54, 1.807) is 28.4 Å². The molecule has 0 radical (unpaired) electrons. The first kappa shape index (κ1) is 24.0. The van der Waals surface area contributed by atoms with Crippen molar-refractivity contribution in [2.24, 2.45) is 5.92 Å². The molecule has 5 nitrogen and oxygen atoms in total. The predicted octanol–water partition coefficient (Wildman–Crippen LogP) is 5.36. The van der Waals surface area contributed by atoms with Gasteiger partial charge in [0, 0.05) is 23.5 Å². The molecule has 1 unspecified atom stereocenters. The number of carbonyl (C=O) groups excluding carboxylic acids is 2. The van der Waals surface area contributed by atoms with Crippen molar-refractivity contribution in [2.75, 3.05) is 26.2 Å². The molecule has 4 rings (SSSR count). The van der Waals surface area contributed by atoms with Crippen LogP contribution >= 0.6 is 11.3 Å². The lowest BCUT2D eigenvalue weighted by Gasteiger charge is -2.37. The number of amides is 2. The highest BCUT2D eigenvalue weighted by molar-refractivity contribution is 7.10. The number of aryl methyl sites for hydroxylation is 1. The van der Waals surface area contributed by atoms with E-state index in [1.165, 1.54) is 10.4 Å². The summed E-state index contributed by atoms with van der Waals surface area (Å²) in [5.41, 5.74) is 2.94. The van der Waals surface area contributed by atoms with Gasteiger partial charge in [0.25, 0.3) is 5.91 Å². The van der Waals surface area contributed by atoms with E-state index in [0.29, 0.717) is 25.3 Å². The normalized spacial score (nSPS) is 15.2. The lowest BCUT2D eigenvalue weighted by atomic mass is 10.00. The van der Waals surface area contributed by atoms with E-state index in [4.69, 9.17) is 4.74 Å². The zero-order chi connectivity index (χ0) is 24.1. The molecule has 2 heterocycles. The fraction of sp³-hybridized carbons (Fsp3) is 0.357. The SMILES string of the molecule is Cc1ccc(OCC2c3ccsc3CCN2C(=O)CN(CC(C)C)C(=O)c2ccccc2)cc1. The van der Waals surface area contributed by atoms with Crippen LogP contribution in [0.25, 0.3) is 0 Å². The molecule has 0 spiro atoms. The van der Waals surface area contributed by atoms with Crippen LogP contribution in [0.2, 0.25) is 0 Å². The topological polar surface area (TPSA) is 49.9 Å². The molecular formula is C28H32N2O3S. The minimum absolute atomic E-state index is 0.0423. The Morgan fingerprint density at radius 2 is 1.82 bits per heavy atom. The van der Waals surface area contributed by atoms with Crippen molar-refractivity contribution in [2.45, 2.75) is 33.2 Å². The van der Waals surface area contributed by atoms with E-state index >= 15 is 0 Å². The van der Waals surface area contributed by atoms with Gasteiger partial charge in [0.15, 0.2) is 0 Å². The standard InChI is InChI=1S/C28H32N2O3S/c1-20(2)17-29(28(32)22-7-5-4-6-8-22)18-27(31)30-15-13-26-24(14-16-34-26)25(30)19-33-23-11-9-21(3)10-12-23/h4-12,14,16,20,25H,13,15,17-19H2,1-3H3. The van der Waals surface area contributed by atoms with Gasteiger partial charge < -0.3 is 14.5 Å². The van der Waals surface area contributed by atoms with E-state index in [1.807, 2.05) is 54.3 Å². The smallest absolute Gasteiger partial charge is 0.254 e. The highest BCUT2D eigenvalue weighted by Crippen LogP contribution is 2.34. The zero-order valence-electron chi connectivity index (χ0n) is 20.1. The molecule has 6 heteroatoms. The molecule has 0 aliphatic carbocycles. The number of fused-ring (bicyclic) bond motifs is 1. The molecule has 1 atom stereocenters. The third kappa shape index (κ3) is 5.68. The minimum atomic E-state index is -0.170. The van der Waals surface area contributed by atoms with E-state index in [9.17, 15) is 9.59 Å². The van der Waals surface area contributed by atoms with Gasteiger partial charge in [-0.1, -0.05) is 49.7 Å². The van der Waals surface area contributed by atoms with Gasteiger partial charge in [-0.25, -0.2) is 0 Å². The van der Waals surface area contributed by atoms with Crippen molar-refractivity contribution < 1.29 is 14.3 Å². The fourth-order valence-electron chi connectivity index (χ4n) is 4.36. The molecule has 1 aliphatic rings. The molecule has 2 amide bonds. The van der Waals surface area contributed by atoms with Gasteiger partial charge in [-0.3, -0.25) is 9.59 Å². The number of carbonyl (C=O) groups is 2. The first-order chi connectivity index (χ1) is 16.4. The Hall–Kier alpha value is -3.12. The van der Waals surface area contributed by atoms with Crippen molar-refractivity contribution in [3.8, 4) is 5.75 Å². The monoisotopic (exact) mass is 476 g/mol. The Bertz CT molecular complexity index is 1110. The van der Waals surface area contributed by atoms with Gasteiger partial charge in [0.1, 0.15) is 18.9 Å². The Morgan fingerprint density at radius 1 is 1.09 bits per heavy atom. The van der Waals surface area contributed by atoms with Gasteiger partial charge >= 0.3 is 0 Å². The number of thiophene rings is 1. The maximum Gasteiger partial charge on any atom is 0.254 e. The second kappa shape index (κ2) is 10.9. The number of hydrogen-bond acceptors (Lipinski definition) is 4. The van der Waals surface area contributed by atoms with E-state index in [-0.39, 0.29) is 30.3 Å². The van der Waals surface area contributed by atoms with Crippen molar-refractivity contribution in [1.29, 1.82) is 0 Å². The average molecular weight is 477 g/mol. The van der Waals surface area contributed by atoms with Crippen LogP contribution in [0.15, 0.2) is 66.0 Å². The number of nitrogens with zero attached hydrogens (tertiary/aromatic N) is 2. The van der Waals surface area contributed by atoms with Crippen LogP contribution in [0.4, 0.5) is 0 Å². The van der Waals surface area contributed by atoms with Crippen LogP contribution in [-0.2, 0) is 11.2 Å². The van der Waals surface area contributed by atoms with Gasteiger partial charge in [-0.05, 0) is 60.5 Å². The summed E-state index contributed by atoms with van der Waals surface area (Å²) < 4.78 is 6.12. The van der Waals surface area contributed by atoms with Crippen LogP contribution in [0.1, 0.15) is 46.3 Å². The lowest BCUT2D eigenvalue weighted by molar-refractivity contribution is -0.135. The number of benzene rings is 2. The van der Waals surface area contributed by atoms with Gasteiger partial charge in [-0.2, -0.15) is 0 Å². The second-order valence-corrected chi connectivity index (χ2v) is 10.2. The maximum absolute atomic E-state index is 13.6. The Morgan fingerprint density at radius 3 is 2.53 bits per heavy atom. The molecule has 34 heavy (non-hydrogen) atoms. The summed E-state index contributed by atoms with van der Waals surface area (Å²) in [5, 5.41) is 2.08.